The molecule has 0 saturated carbocycles. The molecule has 0 aliphatic carbocycles. The maximum atomic E-state index is 12.6. The third-order valence-electron chi connectivity index (χ3n) is 19.3. The van der Waals surface area contributed by atoms with E-state index >= 15 is 0 Å². The van der Waals surface area contributed by atoms with Gasteiger partial charge in [-0.25, -0.2) is 8.42 Å². The van der Waals surface area contributed by atoms with Crippen LogP contribution in [0.15, 0.2) is 170 Å². The van der Waals surface area contributed by atoms with Crippen LogP contribution in [0.5, 0.6) is 0 Å². The van der Waals surface area contributed by atoms with E-state index in [0.29, 0.717) is 109 Å². The van der Waals surface area contributed by atoms with E-state index in [-0.39, 0.29) is 103 Å². The number of anilines is 1. The molecule has 33 nitrogen and oxygen atoms in total. The highest BCUT2D eigenvalue weighted by Crippen LogP contribution is 2.38. The summed E-state index contributed by atoms with van der Waals surface area (Å²) in [6.07, 6.45) is 1.33. The molecule has 0 aliphatic heterocycles. The second-order valence-electron chi connectivity index (χ2n) is 27.7. The molecule has 4 aromatic heterocycles. The molecule has 119 heavy (non-hydrogen) atoms. The van der Waals surface area contributed by atoms with Crippen LogP contribution in [-0.2, 0) is 57.8 Å². The number of carboxylic acid groups (broad SMARTS) is 1. The predicted molar refractivity (Wildman–Crippen MR) is 467 cm³/mol. The maximum absolute atomic E-state index is 12.6. The number of carboxylic acids is 1. The predicted octanol–water partition coefficient (Wildman–Crippen LogP) is 8.31. The zero-order valence-corrected chi connectivity index (χ0v) is 66.1. The summed E-state index contributed by atoms with van der Waals surface area (Å²) >= 11 is 0. The van der Waals surface area contributed by atoms with Crippen molar-refractivity contribution < 1.29 is 52.4 Å². The third-order valence-corrected chi connectivity index (χ3v) is 21.0. The Morgan fingerprint density at radius 2 is 0.798 bits per heavy atom. The molecule has 1 amide bonds. The second kappa shape index (κ2) is 40.1. The van der Waals surface area contributed by atoms with E-state index in [9.17, 15) is 37.8 Å². The molecule has 0 bridgehead atoms. The number of carbonyl (C=O) groups excluding carboxylic acids is 3. The summed E-state index contributed by atoms with van der Waals surface area (Å²) in [5, 5.41) is 98.2. The lowest BCUT2D eigenvalue weighted by atomic mass is 9.99. The number of nitrogens with one attached hydrogen (secondary N) is 14. The van der Waals surface area contributed by atoms with E-state index in [2.05, 4.69) is 35.3 Å². The largest absolute Gasteiger partial charge is 0.481 e. The molecule has 0 saturated heterocycles. The fourth-order valence-corrected chi connectivity index (χ4v) is 14.2. The number of hydrogen-bond donors (Lipinski definition) is 25. The standard InChI is InChI=1S/C24H29N5O4S.C22H26N6O2.C20H20N6O3.C19H21N5O2/c1-2-3-11-34(31,32)12-10-33-21(30)14-19-18-9-8-17(24(27)28)13-20(18)29-22(19)15-4-6-16(7-5-15)23(25)26;1-30-19(29)9-11-27-10-8-17-16-7-6-15(22(25)26)12-18(16)28-20(17)13-2-4-14(5-3-13)21(23)24;21-19(22)11-3-1-10(2-4-11)17-18(26-15(27)7-8-16(28)29)13-6-5-12(20(23)24)9-14(13)25-17;20-18(21)11-3-1-10(2-4-11)17-15(8-13(26)9-25)14-6-5-12(19(22)23)7-16(14)24-17/h4-9,13,29H,2-3,10-12,14H2,1H3,(H3,25,26)(H3,27,28);2-7,12,27-28H,8-11H2,1H3,(H3,23,24)(H3,25,26);1-6,9,25H,7-8H2,(H3,21,22)(H3,23,24)(H,26,27)(H,28,29);1-7,13,24-26H,8-9H2,(H3,20,21)(H3,22,23). The van der Waals surface area contributed by atoms with Crippen LogP contribution in [0.2, 0.25) is 0 Å². The Hall–Kier alpha value is -14.6. The number of rotatable bonds is 33. The Morgan fingerprint density at radius 3 is 1.18 bits per heavy atom. The highest BCUT2D eigenvalue weighted by molar-refractivity contribution is 7.91. The number of aromatic nitrogens is 4. The zero-order chi connectivity index (χ0) is 86.5. The van der Waals surface area contributed by atoms with Crippen LogP contribution in [0.25, 0.3) is 88.6 Å². The van der Waals surface area contributed by atoms with Crippen molar-refractivity contribution in [3.8, 4) is 45.0 Å². The minimum absolute atomic E-state index is 0.00442. The highest BCUT2D eigenvalue weighted by Gasteiger charge is 2.24. The molecule has 1 atom stereocenters. The van der Waals surface area contributed by atoms with E-state index in [1.807, 2.05) is 67.6 Å². The number of nitrogen functional groups attached to an aromatic ring is 8. The summed E-state index contributed by atoms with van der Waals surface area (Å²) in [4.78, 5) is 60.2. The first-order chi connectivity index (χ1) is 56.7. The normalized spacial score (nSPS) is 11.3. The van der Waals surface area contributed by atoms with Gasteiger partial charge in [0.1, 0.15) is 53.3 Å². The van der Waals surface area contributed by atoms with Gasteiger partial charge in [-0.2, -0.15) is 0 Å². The molecule has 4 heterocycles. The maximum Gasteiger partial charge on any atom is 0.310 e. The van der Waals surface area contributed by atoms with Gasteiger partial charge in [0.15, 0.2) is 9.84 Å². The van der Waals surface area contributed by atoms with Gasteiger partial charge < -0.3 is 101 Å². The Morgan fingerprint density at radius 1 is 0.445 bits per heavy atom. The molecule has 34 heteroatoms. The number of sulfone groups is 1. The number of aromatic amines is 4. The lowest BCUT2D eigenvalue weighted by Crippen LogP contribution is -2.21. The Labute approximate surface area is 683 Å². The number of carbonyl (C=O) groups is 4. The van der Waals surface area contributed by atoms with Gasteiger partial charge in [0.05, 0.1) is 67.7 Å². The number of amides is 1. The first-order valence-corrected chi connectivity index (χ1v) is 39.2. The molecule has 8 aromatic carbocycles. The highest BCUT2D eigenvalue weighted by atomic mass is 32.2. The SMILES string of the molecule is CCCCS(=O)(=O)CCOC(=O)Cc1c(-c2ccc(C(=N)N)cc2)[nH]c2cc(C(=N)N)ccc12.COC(=O)CCNCCc1c(-c2ccc(C(=N)N)cc2)[nH]c2cc(C(=N)N)ccc12.N=C(N)c1ccc(-c2[nH]c3cc(C(=N)N)ccc3c2CC(O)CO)cc1.N=C(N)c1ccc(-c2[nH]c3cc(C(=N)N)ccc3c2NC(=O)CCC(=O)O)cc1. The second-order valence-corrected chi connectivity index (χ2v) is 30.0. The quantitative estimate of drug-likeness (QED) is 0.00795. The number of benzene rings is 8. The fraction of sp³-hybridized carbons (Fsp3) is 0.200. The number of fused-ring (bicyclic) bond motifs is 4. The van der Waals surface area contributed by atoms with Crippen molar-refractivity contribution in [2.24, 2.45) is 45.9 Å². The van der Waals surface area contributed by atoms with E-state index in [1.54, 1.807) is 109 Å². The minimum atomic E-state index is -3.25. The topological polar surface area (TPSA) is 668 Å². The fourth-order valence-electron chi connectivity index (χ4n) is 12.9. The van der Waals surface area contributed by atoms with Gasteiger partial charge in [-0.3, -0.25) is 62.5 Å². The average molecular weight is 1630 g/mol. The van der Waals surface area contributed by atoms with Crippen molar-refractivity contribution in [2.45, 2.75) is 64.4 Å². The van der Waals surface area contributed by atoms with Crippen molar-refractivity contribution >= 4 is 130 Å². The Bertz CT molecular complexity index is 5970. The number of aliphatic hydroxyl groups excluding tert-OH is 2. The van der Waals surface area contributed by atoms with Crippen molar-refractivity contribution in [3.05, 3.63) is 231 Å². The number of ether oxygens (including phenoxy) is 2. The van der Waals surface area contributed by atoms with Crippen molar-refractivity contribution in [3.63, 3.8) is 0 Å². The van der Waals surface area contributed by atoms with Gasteiger partial charge in [0.25, 0.3) is 0 Å². The smallest absolute Gasteiger partial charge is 0.310 e. The Balaban J connectivity index is 0.000000181. The molecular formula is C85H96N22O11S. The first kappa shape index (κ1) is 88.3. The van der Waals surface area contributed by atoms with E-state index in [1.165, 1.54) is 7.11 Å². The van der Waals surface area contributed by atoms with Gasteiger partial charge in [0.2, 0.25) is 5.91 Å². The van der Waals surface area contributed by atoms with Crippen molar-refractivity contribution in [2.75, 3.05) is 50.2 Å². The number of nitrogens with two attached hydrogens (primary N) is 8. The van der Waals surface area contributed by atoms with Crippen LogP contribution < -0.4 is 56.5 Å². The molecule has 12 aromatic rings. The van der Waals surface area contributed by atoms with Crippen LogP contribution in [0.3, 0.4) is 0 Å². The van der Waals surface area contributed by atoms with E-state index in [0.717, 1.165) is 84.8 Å². The number of esters is 2. The number of methoxy groups -OCH3 is 1. The van der Waals surface area contributed by atoms with Gasteiger partial charge in [-0.1, -0.05) is 153 Å². The monoisotopic (exact) mass is 1630 g/mol. The summed E-state index contributed by atoms with van der Waals surface area (Å²) in [6.45, 7) is 2.63. The van der Waals surface area contributed by atoms with Gasteiger partial charge in [-0.05, 0) is 83.1 Å². The molecule has 33 N–H and O–H groups in total. The summed E-state index contributed by atoms with van der Waals surface area (Å²) < 4.78 is 33.9. The first-order valence-electron chi connectivity index (χ1n) is 37.4. The van der Waals surface area contributed by atoms with Crippen molar-refractivity contribution in [1.29, 1.82) is 43.3 Å². The number of aliphatic carboxylic acids is 1. The average Bonchev–Trinajstić information content (AvgIpc) is 1.65. The zero-order valence-electron chi connectivity index (χ0n) is 65.3. The molecule has 12 rings (SSSR count). The molecular weight excluding hydrogens is 1540 g/mol. The van der Waals surface area contributed by atoms with Crippen LogP contribution in [0.4, 0.5) is 5.69 Å². The number of hydrogen-bond acceptors (Lipinski definition) is 19. The molecule has 618 valence electrons. The Kier molecular flexibility index (Phi) is 29.8. The lowest BCUT2D eigenvalue weighted by molar-refractivity contribution is -0.142. The molecule has 0 spiro atoms. The summed E-state index contributed by atoms with van der Waals surface area (Å²) in [5.41, 5.74) is 61.9. The van der Waals surface area contributed by atoms with Crippen LogP contribution >= 0.6 is 0 Å². The summed E-state index contributed by atoms with van der Waals surface area (Å²) in [6, 6.07) is 50.1. The van der Waals surface area contributed by atoms with Crippen LogP contribution in [-0.4, -0.2) is 165 Å². The van der Waals surface area contributed by atoms with Crippen molar-refractivity contribution in [1.82, 2.24) is 25.3 Å². The number of aliphatic hydroxyl groups is 2. The molecule has 0 fully saturated rings. The van der Waals surface area contributed by atoms with Crippen LogP contribution in [0, 0.1) is 43.3 Å². The van der Waals surface area contributed by atoms with E-state index < -0.39 is 33.8 Å². The molecule has 0 radical (unpaired) electrons. The molecule has 1 unspecified atom stereocenters. The van der Waals surface area contributed by atoms with Gasteiger partial charge in [0, 0.05) is 124 Å². The molecule has 0 aliphatic rings. The van der Waals surface area contributed by atoms with Gasteiger partial charge >= 0.3 is 17.9 Å². The summed E-state index contributed by atoms with van der Waals surface area (Å²) in [5.74, 6) is -2.61. The van der Waals surface area contributed by atoms with Gasteiger partial charge in [-0.15, -0.1) is 0 Å². The third kappa shape index (κ3) is 23.1. The number of unbranched alkanes of at least 4 members (excludes halogenated alkanes) is 1. The number of H-pyrrole nitrogens is 4. The number of amidine groups is 8. The lowest BCUT2D eigenvalue weighted by Gasteiger charge is -2.10. The van der Waals surface area contributed by atoms with Crippen LogP contribution in [0.1, 0.15) is 100 Å². The summed E-state index contributed by atoms with van der Waals surface area (Å²) in [7, 11) is -1.87. The minimum Gasteiger partial charge on any atom is -0.481 e. The van der Waals surface area contributed by atoms with E-state index in [4.69, 9.17) is 99.0 Å².